The summed E-state index contributed by atoms with van der Waals surface area (Å²) in [5.74, 6) is 0. The normalized spacial score (nSPS) is 34.0. The van der Waals surface area contributed by atoms with Gasteiger partial charge in [0.25, 0.3) is 0 Å². The molecule has 0 saturated carbocycles. The maximum Gasteiger partial charge on any atom is 0.493 e. The fraction of sp³-hybridized carbons (Fsp3) is 0.789. The fourth-order valence-electron chi connectivity index (χ4n) is 3.97. The zero-order chi connectivity index (χ0) is 16.9. The van der Waals surface area contributed by atoms with Crippen LogP contribution in [-0.2, 0) is 14.0 Å². The first kappa shape index (κ1) is 17.3. The molecule has 0 aromatic carbocycles. The number of allylic oxidation sites excluding steroid dienone is 2. The summed E-state index contributed by atoms with van der Waals surface area (Å²) in [6.07, 6.45) is 8.12. The van der Waals surface area contributed by atoms with Crippen LogP contribution in [0, 0.1) is 10.8 Å². The van der Waals surface area contributed by atoms with Gasteiger partial charge in [0.2, 0.25) is 0 Å². The van der Waals surface area contributed by atoms with E-state index in [0.717, 1.165) is 32.5 Å². The molecule has 23 heavy (non-hydrogen) atoms. The Bertz CT molecular complexity index is 519. The molecule has 0 N–H and O–H groups in total. The van der Waals surface area contributed by atoms with Crippen LogP contribution in [0.2, 0.25) is 0 Å². The lowest BCUT2D eigenvalue weighted by molar-refractivity contribution is -0.0977. The second-order valence-corrected chi connectivity index (χ2v) is 9.31. The highest BCUT2D eigenvalue weighted by atomic mass is 16.6. The summed E-state index contributed by atoms with van der Waals surface area (Å²) in [6.45, 7) is 14.6. The van der Waals surface area contributed by atoms with E-state index in [9.17, 15) is 0 Å². The van der Waals surface area contributed by atoms with Gasteiger partial charge in [0.15, 0.2) is 0 Å². The maximum atomic E-state index is 6.38. The number of ether oxygens (including phenoxy) is 1. The smallest absolute Gasteiger partial charge is 0.407 e. The Labute approximate surface area is 141 Å². The molecular weight excluding hydrogens is 287 g/mol. The molecule has 3 aliphatic rings. The van der Waals surface area contributed by atoms with Crippen molar-refractivity contribution in [1.29, 1.82) is 0 Å². The van der Waals surface area contributed by atoms with Gasteiger partial charge in [0.05, 0.1) is 11.7 Å². The molecule has 128 valence electrons. The van der Waals surface area contributed by atoms with Crippen molar-refractivity contribution < 1.29 is 14.0 Å². The largest absolute Gasteiger partial charge is 0.493 e. The van der Waals surface area contributed by atoms with Gasteiger partial charge in [-0.05, 0) is 51.1 Å². The van der Waals surface area contributed by atoms with Gasteiger partial charge in [0, 0.05) is 24.0 Å². The first-order valence-corrected chi connectivity index (χ1v) is 8.93. The minimum Gasteiger partial charge on any atom is -0.407 e. The number of rotatable bonds is 2. The van der Waals surface area contributed by atoms with Crippen LogP contribution in [0.3, 0.4) is 0 Å². The van der Waals surface area contributed by atoms with Crippen molar-refractivity contribution in [1.82, 2.24) is 0 Å². The SMILES string of the molecule is CC1(C)COB(C2=CCC[C@@]3(C)C2=CC[C@@H]3OC(C)(C)C)OC1. The monoisotopic (exact) mass is 318 g/mol. The van der Waals surface area contributed by atoms with Crippen molar-refractivity contribution >= 4 is 7.12 Å². The molecule has 0 unspecified atom stereocenters. The average molecular weight is 318 g/mol. The van der Waals surface area contributed by atoms with Crippen LogP contribution >= 0.6 is 0 Å². The van der Waals surface area contributed by atoms with Gasteiger partial charge in [-0.3, -0.25) is 0 Å². The number of fused-ring (bicyclic) bond motifs is 1. The fourth-order valence-corrected chi connectivity index (χ4v) is 3.97. The van der Waals surface area contributed by atoms with Gasteiger partial charge in [-0.15, -0.1) is 0 Å². The van der Waals surface area contributed by atoms with E-state index < -0.39 is 0 Å². The van der Waals surface area contributed by atoms with Gasteiger partial charge in [0.1, 0.15) is 0 Å². The molecule has 1 heterocycles. The van der Waals surface area contributed by atoms with Crippen LogP contribution in [0.5, 0.6) is 0 Å². The number of hydrogen-bond acceptors (Lipinski definition) is 3. The standard InChI is InChI=1S/C19H31BO3/c1-17(2,3)23-16-10-9-14-15(8-7-11-19(14,16)6)20-21-12-18(4,5)13-22-20/h8-9,16H,7,10-13H2,1-6H3/t16-,19-/m0/s1. The Hall–Kier alpha value is -0.575. The Morgan fingerprint density at radius 1 is 1.13 bits per heavy atom. The predicted octanol–water partition coefficient (Wildman–Crippen LogP) is 4.33. The van der Waals surface area contributed by atoms with E-state index in [2.05, 4.69) is 53.7 Å². The summed E-state index contributed by atoms with van der Waals surface area (Å²) in [5.41, 5.74) is 2.71. The van der Waals surface area contributed by atoms with Crippen molar-refractivity contribution in [3.05, 3.63) is 23.2 Å². The highest BCUT2D eigenvalue weighted by Crippen LogP contribution is 2.52. The Morgan fingerprint density at radius 2 is 1.78 bits per heavy atom. The lowest BCUT2D eigenvalue weighted by Gasteiger charge is -2.42. The first-order valence-electron chi connectivity index (χ1n) is 8.93. The van der Waals surface area contributed by atoms with E-state index in [0.29, 0.717) is 0 Å². The van der Waals surface area contributed by atoms with Crippen LogP contribution in [0.15, 0.2) is 23.2 Å². The molecule has 0 spiro atoms. The third-order valence-electron chi connectivity index (χ3n) is 5.20. The van der Waals surface area contributed by atoms with E-state index in [1.807, 2.05) is 0 Å². The summed E-state index contributed by atoms with van der Waals surface area (Å²) in [6, 6.07) is 0. The molecule has 4 heteroatoms. The van der Waals surface area contributed by atoms with Crippen molar-refractivity contribution in [2.75, 3.05) is 13.2 Å². The van der Waals surface area contributed by atoms with E-state index in [1.54, 1.807) is 0 Å². The third kappa shape index (κ3) is 3.45. The second-order valence-electron chi connectivity index (χ2n) is 9.31. The molecule has 0 aromatic rings. The van der Waals surface area contributed by atoms with Crippen LogP contribution < -0.4 is 0 Å². The lowest BCUT2D eigenvalue weighted by Crippen LogP contribution is -2.45. The highest BCUT2D eigenvalue weighted by molar-refractivity contribution is 6.55. The maximum absolute atomic E-state index is 6.38. The minimum atomic E-state index is -0.206. The van der Waals surface area contributed by atoms with Crippen molar-refractivity contribution in [3.63, 3.8) is 0 Å². The van der Waals surface area contributed by atoms with Crippen LogP contribution in [0.25, 0.3) is 0 Å². The Morgan fingerprint density at radius 3 is 2.39 bits per heavy atom. The summed E-state index contributed by atoms with van der Waals surface area (Å²) in [4.78, 5) is 0. The molecule has 0 aromatic heterocycles. The third-order valence-corrected chi connectivity index (χ3v) is 5.20. The van der Waals surface area contributed by atoms with Crippen molar-refractivity contribution in [2.24, 2.45) is 10.8 Å². The van der Waals surface area contributed by atoms with Gasteiger partial charge >= 0.3 is 7.12 Å². The topological polar surface area (TPSA) is 27.7 Å². The zero-order valence-electron chi connectivity index (χ0n) is 15.6. The average Bonchev–Trinajstić information content (AvgIpc) is 2.74. The highest BCUT2D eigenvalue weighted by Gasteiger charge is 2.49. The summed E-state index contributed by atoms with van der Waals surface area (Å²) in [5, 5.41) is 0. The molecule has 3 nitrogen and oxygen atoms in total. The Balaban J connectivity index is 1.77. The molecular formula is C19H31BO3. The first-order chi connectivity index (χ1) is 10.6. The lowest BCUT2D eigenvalue weighted by atomic mass is 9.60. The van der Waals surface area contributed by atoms with Gasteiger partial charge in [-0.1, -0.05) is 32.9 Å². The molecule has 0 amide bonds. The molecule has 1 saturated heterocycles. The van der Waals surface area contributed by atoms with E-state index >= 15 is 0 Å². The molecule has 1 fully saturated rings. The van der Waals surface area contributed by atoms with Gasteiger partial charge < -0.3 is 14.0 Å². The summed E-state index contributed by atoms with van der Waals surface area (Å²) in [7, 11) is -0.206. The van der Waals surface area contributed by atoms with Crippen LogP contribution in [-0.4, -0.2) is 32.0 Å². The van der Waals surface area contributed by atoms with Crippen molar-refractivity contribution in [2.45, 2.75) is 72.5 Å². The van der Waals surface area contributed by atoms with Gasteiger partial charge in [-0.25, -0.2) is 0 Å². The molecule has 3 rings (SSSR count). The Kier molecular flexibility index (Phi) is 4.31. The predicted molar refractivity (Wildman–Crippen MR) is 94.2 cm³/mol. The van der Waals surface area contributed by atoms with E-state index in [-0.39, 0.29) is 29.7 Å². The summed E-state index contributed by atoms with van der Waals surface area (Å²) < 4.78 is 18.5. The number of hydrogen-bond donors (Lipinski definition) is 0. The van der Waals surface area contributed by atoms with E-state index in [1.165, 1.54) is 11.0 Å². The van der Waals surface area contributed by atoms with Crippen molar-refractivity contribution in [3.8, 4) is 0 Å². The zero-order valence-corrected chi connectivity index (χ0v) is 15.6. The molecule has 2 aliphatic carbocycles. The van der Waals surface area contributed by atoms with Gasteiger partial charge in [-0.2, -0.15) is 0 Å². The van der Waals surface area contributed by atoms with Crippen LogP contribution in [0.4, 0.5) is 0 Å². The second kappa shape index (κ2) is 5.75. The molecule has 2 atom stereocenters. The molecule has 0 radical (unpaired) electrons. The molecule has 0 bridgehead atoms. The van der Waals surface area contributed by atoms with E-state index in [4.69, 9.17) is 14.0 Å². The van der Waals surface area contributed by atoms with Crippen LogP contribution in [0.1, 0.15) is 60.8 Å². The minimum absolute atomic E-state index is 0.0804. The quantitative estimate of drug-likeness (QED) is 0.709. The summed E-state index contributed by atoms with van der Waals surface area (Å²) >= 11 is 0. The molecule has 1 aliphatic heterocycles.